The van der Waals surface area contributed by atoms with Crippen LogP contribution in [0, 0.1) is 12.8 Å². The van der Waals surface area contributed by atoms with Gasteiger partial charge in [0.05, 0.1) is 11.5 Å². The smallest absolute Gasteiger partial charge is 0.324 e. The minimum Gasteiger partial charge on any atom is -0.465 e. The second-order valence-electron chi connectivity index (χ2n) is 6.14. The van der Waals surface area contributed by atoms with Gasteiger partial charge in [-0.2, -0.15) is 4.72 Å². The summed E-state index contributed by atoms with van der Waals surface area (Å²) in [6, 6.07) is 5.66. The molecule has 0 bridgehead atoms. The normalized spacial score (nSPS) is 13.1. The van der Waals surface area contributed by atoms with Crippen LogP contribution in [0.15, 0.2) is 29.2 Å². The minimum absolute atomic E-state index is 0.151. The molecule has 1 aromatic carbocycles. The molecule has 0 amide bonds. The summed E-state index contributed by atoms with van der Waals surface area (Å²) < 4.78 is 32.6. The number of esters is 1. The molecule has 0 heterocycles. The van der Waals surface area contributed by atoms with Gasteiger partial charge in [0.1, 0.15) is 6.04 Å². The summed E-state index contributed by atoms with van der Waals surface area (Å²) in [5.74, 6) is -0.345. The van der Waals surface area contributed by atoms with Crippen molar-refractivity contribution in [3.8, 4) is 0 Å². The molecule has 0 fully saturated rings. The summed E-state index contributed by atoms with van der Waals surface area (Å²) in [4.78, 5) is 12.3. The van der Waals surface area contributed by atoms with Crippen molar-refractivity contribution in [3.05, 3.63) is 29.8 Å². The van der Waals surface area contributed by atoms with Gasteiger partial charge in [-0.25, -0.2) is 8.42 Å². The molecule has 0 aliphatic heterocycles. The number of hydrogen-bond donors (Lipinski definition) is 1. The van der Waals surface area contributed by atoms with Crippen LogP contribution in [0.25, 0.3) is 0 Å². The summed E-state index contributed by atoms with van der Waals surface area (Å²) >= 11 is 0. The fourth-order valence-corrected chi connectivity index (χ4v) is 3.25. The SMILES string of the molecule is CCCCOC(=O)C(CC(C)C)NS(=O)(=O)c1ccc(C)cc1. The van der Waals surface area contributed by atoms with Crippen LogP contribution in [-0.4, -0.2) is 27.0 Å². The predicted molar refractivity (Wildman–Crippen MR) is 90.6 cm³/mol. The molecular formula is C17H27NO4S. The summed E-state index contributed by atoms with van der Waals surface area (Å²) in [5, 5.41) is 0. The number of sulfonamides is 1. The lowest BCUT2D eigenvalue weighted by atomic mass is 10.1. The lowest BCUT2D eigenvalue weighted by Crippen LogP contribution is -2.42. The molecule has 6 heteroatoms. The van der Waals surface area contributed by atoms with E-state index in [1.165, 1.54) is 12.1 Å². The number of hydrogen-bond acceptors (Lipinski definition) is 4. The second kappa shape index (κ2) is 9.03. The van der Waals surface area contributed by atoms with E-state index in [9.17, 15) is 13.2 Å². The number of carbonyl (C=O) groups is 1. The summed E-state index contributed by atoms with van der Waals surface area (Å²) in [7, 11) is -3.75. The molecule has 1 rings (SSSR count). The van der Waals surface area contributed by atoms with Crippen LogP contribution in [0.1, 0.15) is 45.6 Å². The highest BCUT2D eigenvalue weighted by Crippen LogP contribution is 2.14. The molecule has 0 aromatic heterocycles. The Balaban J connectivity index is 2.86. The van der Waals surface area contributed by atoms with Gasteiger partial charge in [-0.05, 0) is 37.8 Å². The van der Waals surface area contributed by atoms with Crippen molar-refractivity contribution in [1.82, 2.24) is 4.72 Å². The minimum atomic E-state index is -3.75. The highest BCUT2D eigenvalue weighted by atomic mass is 32.2. The maximum absolute atomic E-state index is 12.5. The zero-order valence-corrected chi connectivity index (χ0v) is 15.2. The van der Waals surface area contributed by atoms with E-state index in [1.807, 2.05) is 27.7 Å². The molecule has 0 radical (unpaired) electrons. The number of benzene rings is 1. The number of carbonyl (C=O) groups excluding carboxylic acids is 1. The van der Waals surface area contributed by atoms with Crippen LogP contribution in [-0.2, 0) is 19.6 Å². The molecule has 5 nitrogen and oxygen atoms in total. The van der Waals surface area contributed by atoms with Crippen LogP contribution in [0.5, 0.6) is 0 Å². The van der Waals surface area contributed by atoms with Crippen molar-refractivity contribution >= 4 is 16.0 Å². The summed E-state index contributed by atoms with van der Waals surface area (Å²) in [6.45, 7) is 8.07. The van der Waals surface area contributed by atoms with Crippen LogP contribution in [0.2, 0.25) is 0 Å². The van der Waals surface area contributed by atoms with Gasteiger partial charge < -0.3 is 4.74 Å². The van der Waals surface area contributed by atoms with Crippen molar-refractivity contribution in [2.24, 2.45) is 5.92 Å². The first-order valence-corrected chi connectivity index (χ1v) is 9.50. The van der Waals surface area contributed by atoms with E-state index >= 15 is 0 Å². The summed E-state index contributed by atoms with van der Waals surface area (Å²) in [5.41, 5.74) is 0.974. The topological polar surface area (TPSA) is 72.5 Å². The van der Waals surface area contributed by atoms with Crippen LogP contribution in [0.3, 0.4) is 0 Å². The molecule has 0 saturated carbocycles. The highest BCUT2D eigenvalue weighted by molar-refractivity contribution is 7.89. The first kappa shape index (κ1) is 19.6. The van der Waals surface area contributed by atoms with Gasteiger partial charge in [0.25, 0.3) is 0 Å². The molecule has 1 N–H and O–H groups in total. The fourth-order valence-electron chi connectivity index (χ4n) is 2.05. The Kier molecular flexibility index (Phi) is 7.72. The Morgan fingerprint density at radius 3 is 2.35 bits per heavy atom. The number of rotatable bonds is 9. The first-order valence-electron chi connectivity index (χ1n) is 8.02. The average Bonchev–Trinajstić information content (AvgIpc) is 2.46. The van der Waals surface area contributed by atoms with E-state index in [1.54, 1.807) is 12.1 Å². The van der Waals surface area contributed by atoms with Gasteiger partial charge in [-0.15, -0.1) is 0 Å². The van der Waals surface area contributed by atoms with E-state index < -0.39 is 22.0 Å². The van der Waals surface area contributed by atoms with Gasteiger partial charge >= 0.3 is 5.97 Å². The Morgan fingerprint density at radius 1 is 1.22 bits per heavy atom. The average molecular weight is 341 g/mol. The van der Waals surface area contributed by atoms with Gasteiger partial charge in [0, 0.05) is 0 Å². The molecular weight excluding hydrogens is 314 g/mol. The number of nitrogens with one attached hydrogen (secondary N) is 1. The molecule has 0 saturated heterocycles. The second-order valence-corrected chi connectivity index (χ2v) is 7.85. The van der Waals surface area contributed by atoms with Crippen molar-refractivity contribution in [3.63, 3.8) is 0 Å². The molecule has 130 valence electrons. The molecule has 23 heavy (non-hydrogen) atoms. The maximum Gasteiger partial charge on any atom is 0.324 e. The van der Waals surface area contributed by atoms with Crippen molar-refractivity contribution in [2.75, 3.05) is 6.61 Å². The van der Waals surface area contributed by atoms with Crippen LogP contribution in [0.4, 0.5) is 0 Å². The first-order chi connectivity index (χ1) is 10.8. The van der Waals surface area contributed by atoms with Gasteiger partial charge in [0.2, 0.25) is 10.0 Å². The van der Waals surface area contributed by atoms with Gasteiger partial charge in [-0.3, -0.25) is 4.79 Å². The van der Waals surface area contributed by atoms with Crippen LogP contribution < -0.4 is 4.72 Å². The molecule has 1 aromatic rings. The molecule has 1 unspecified atom stereocenters. The Labute approximate surface area is 139 Å². The largest absolute Gasteiger partial charge is 0.465 e. The maximum atomic E-state index is 12.5. The number of aryl methyl sites for hydroxylation is 1. The number of unbranched alkanes of at least 4 members (excludes halogenated alkanes) is 1. The fraction of sp³-hybridized carbons (Fsp3) is 0.588. The highest BCUT2D eigenvalue weighted by Gasteiger charge is 2.27. The molecule has 0 aliphatic carbocycles. The Morgan fingerprint density at radius 2 is 1.83 bits per heavy atom. The van der Waals surface area contributed by atoms with Crippen molar-refractivity contribution in [1.29, 1.82) is 0 Å². The Hall–Kier alpha value is -1.40. The lowest BCUT2D eigenvalue weighted by molar-refractivity contribution is -0.146. The number of ether oxygens (including phenoxy) is 1. The van der Waals surface area contributed by atoms with Gasteiger partial charge in [-0.1, -0.05) is 44.9 Å². The molecule has 0 aliphatic rings. The monoisotopic (exact) mass is 341 g/mol. The van der Waals surface area contributed by atoms with E-state index in [2.05, 4.69) is 4.72 Å². The third-order valence-corrected chi connectivity index (χ3v) is 4.85. The predicted octanol–water partition coefficient (Wildman–Crippen LogP) is 3.03. The van der Waals surface area contributed by atoms with E-state index in [0.717, 1.165) is 18.4 Å². The van der Waals surface area contributed by atoms with Gasteiger partial charge in [0.15, 0.2) is 0 Å². The zero-order chi connectivity index (χ0) is 17.5. The van der Waals surface area contributed by atoms with Crippen molar-refractivity contribution < 1.29 is 17.9 Å². The Bertz CT molecular complexity index is 594. The van der Waals surface area contributed by atoms with E-state index in [0.29, 0.717) is 13.0 Å². The van der Waals surface area contributed by atoms with Crippen LogP contribution >= 0.6 is 0 Å². The summed E-state index contributed by atoms with van der Waals surface area (Å²) in [6.07, 6.45) is 2.08. The third kappa shape index (κ3) is 6.71. The molecule has 1 atom stereocenters. The van der Waals surface area contributed by atoms with E-state index in [-0.39, 0.29) is 10.8 Å². The quantitative estimate of drug-likeness (QED) is 0.553. The lowest BCUT2D eigenvalue weighted by Gasteiger charge is -2.19. The zero-order valence-electron chi connectivity index (χ0n) is 14.3. The standard InChI is InChI=1S/C17H27NO4S/c1-5-6-11-22-17(19)16(12-13(2)3)18-23(20,21)15-9-7-14(4)8-10-15/h7-10,13,16,18H,5-6,11-12H2,1-4H3. The van der Waals surface area contributed by atoms with Crippen molar-refractivity contribution in [2.45, 2.75) is 57.9 Å². The molecule has 0 spiro atoms. The third-order valence-electron chi connectivity index (χ3n) is 3.36. The van der Waals surface area contributed by atoms with E-state index in [4.69, 9.17) is 4.74 Å².